The molecule has 4 N–H and O–H groups in total. The Morgan fingerprint density at radius 3 is 2.87 bits per heavy atom. The average Bonchev–Trinajstić information content (AvgIpc) is 3.13. The predicted octanol–water partition coefficient (Wildman–Crippen LogP) is -0.00820. The summed E-state index contributed by atoms with van der Waals surface area (Å²) >= 11 is 2.55. The van der Waals surface area contributed by atoms with Gasteiger partial charge in [0.25, 0.3) is 11.8 Å². The van der Waals surface area contributed by atoms with Crippen LogP contribution in [-0.4, -0.2) is 75.0 Å². The van der Waals surface area contributed by atoms with Gasteiger partial charge in [0.2, 0.25) is 0 Å². The van der Waals surface area contributed by atoms with Crippen LogP contribution in [0, 0.1) is 0 Å². The van der Waals surface area contributed by atoms with Gasteiger partial charge in [0.05, 0.1) is 11.4 Å². The number of hydrogen-bond donors (Lipinski definition) is 3. The molecule has 2 amide bonds. The van der Waals surface area contributed by atoms with E-state index in [9.17, 15) is 19.5 Å². The van der Waals surface area contributed by atoms with Crippen molar-refractivity contribution in [2.75, 3.05) is 19.5 Å². The van der Waals surface area contributed by atoms with Gasteiger partial charge >= 0.3 is 5.97 Å². The molecule has 0 unspecified atom stereocenters. The second-order valence-corrected chi connectivity index (χ2v) is 8.83. The Kier molecular flexibility index (Phi) is 5.42. The maximum absolute atomic E-state index is 12.8. The summed E-state index contributed by atoms with van der Waals surface area (Å²) in [5.74, 6) is -2.31. The van der Waals surface area contributed by atoms with Crippen LogP contribution < -0.4 is 11.1 Å². The average molecular weight is 454 g/mol. The summed E-state index contributed by atoms with van der Waals surface area (Å²) in [6.07, 6.45) is 0.374. The second-order valence-electron chi connectivity index (χ2n) is 6.68. The zero-order valence-electron chi connectivity index (χ0n) is 16.0. The lowest BCUT2D eigenvalue weighted by Gasteiger charge is -2.55. The van der Waals surface area contributed by atoms with Crippen molar-refractivity contribution in [3.63, 3.8) is 0 Å². The number of nitrogens with zero attached hydrogens (tertiary/aromatic N) is 3. The number of aromatic nitrogens is 1. The van der Waals surface area contributed by atoms with Gasteiger partial charge in [-0.1, -0.05) is 5.16 Å². The molecule has 1 aromatic rings. The molecule has 1 saturated carbocycles. The molecule has 0 radical (unpaired) electrons. The number of nitrogens with two attached hydrogens (primary N) is 1. The minimum absolute atomic E-state index is 0.00624. The maximum Gasteiger partial charge on any atom is 0.352 e. The Morgan fingerprint density at radius 2 is 2.27 bits per heavy atom. The number of thiazole rings is 1. The van der Waals surface area contributed by atoms with E-state index in [-0.39, 0.29) is 33.6 Å². The highest BCUT2D eigenvalue weighted by Crippen LogP contribution is 2.52. The van der Waals surface area contributed by atoms with Gasteiger partial charge in [0, 0.05) is 12.0 Å². The van der Waals surface area contributed by atoms with Gasteiger partial charge in [0.15, 0.2) is 10.8 Å². The Bertz CT molecular complexity index is 976. The van der Waals surface area contributed by atoms with E-state index in [4.69, 9.17) is 15.3 Å². The fraction of sp³-hybridized carbons (Fsp3) is 0.471. The number of carboxylic acid groups (broad SMARTS) is 1. The van der Waals surface area contributed by atoms with E-state index in [1.807, 2.05) is 6.92 Å². The lowest BCUT2D eigenvalue weighted by atomic mass is 9.84. The number of oxime groups is 1. The van der Waals surface area contributed by atoms with E-state index in [1.165, 1.54) is 23.8 Å². The zero-order chi connectivity index (χ0) is 21.6. The van der Waals surface area contributed by atoms with E-state index in [2.05, 4.69) is 15.5 Å². The van der Waals surface area contributed by atoms with E-state index in [0.717, 1.165) is 11.3 Å². The third-order valence-electron chi connectivity index (χ3n) is 5.01. The number of ether oxygens (including phenoxy) is 1. The van der Waals surface area contributed by atoms with Gasteiger partial charge in [-0.05, 0) is 18.9 Å². The molecule has 2 aliphatic heterocycles. The van der Waals surface area contributed by atoms with Crippen molar-refractivity contribution in [1.82, 2.24) is 15.2 Å². The van der Waals surface area contributed by atoms with Crippen molar-refractivity contribution < 1.29 is 29.1 Å². The van der Waals surface area contributed by atoms with Crippen molar-refractivity contribution >= 4 is 51.7 Å². The van der Waals surface area contributed by atoms with E-state index in [0.29, 0.717) is 18.6 Å². The Labute approximate surface area is 179 Å². The topological polar surface area (TPSA) is 156 Å². The minimum Gasteiger partial charge on any atom is -0.477 e. The number of nitrogens with one attached hydrogen (secondary N) is 1. The molecule has 1 aliphatic carbocycles. The van der Waals surface area contributed by atoms with Crippen LogP contribution >= 0.6 is 23.1 Å². The van der Waals surface area contributed by atoms with Gasteiger partial charge in [-0.15, -0.1) is 23.1 Å². The van der Waals surface area contributed by atoms with Crippen LogP contribution in [0.3, 0.4) is 0 Å². The molecule has 0 aromatic carbocycles. The third-order valence-corrected chi connectivity index (χ3v) is 7.33. The maximum atomic E-state index is 12.8. The second kappa shape index (κ2) is 7.89. The SMILES string of the molecule is CCO[C@H]1CC2=C(C(=O)O)N3C(=O)[C@@H](NC(=O)C(=NOC)c4csc(N)n4)[C@H]3S[C@H]21. The number of amides is 2. The van der Waals surface area contributed by atoms with Crippen LogP contribution in [0.4, 0.5) is 5.13 Å². The summed E-state index contributed by atoms with van der Waals surface area (Å²) < 4.78 is 5.66. The highest BCUT2D eigenvalue weighted by molar-refractivity contribution is 8.01. The number of aliphatic carboxylic acids is 1. The number of rotatable bonds is 7. The molecule has 3 aliphatic rings. The highest BCUT2D eigenvalue weighted by Gasteiger charge is 2.60. The molecular weight excluding hydrogens is 434 g/mol. The van der Waals surface area contributed by atoms with Crippen LogP contribution in [0.15, 0.2) is 21.8 Å². The largest absolute Gasteiger partial charge is 0.477 e. The van der Waals surface area contributed by atoms with E-state index < -0.39 is 29.2 Å². The van der Waals surface area contributed by atoms with Crippen LogP contribution in [0.1, 0.15) is 19.0 Å². The first-order valence-corrected chi connectivity index (χ1v) is 10.9. The molecule has 4 rings (SSSR count). The molecule has 160 valence electrons. The molecule has 4 atom stereocenters. The van der Waals surface area contributed by atoms with Crippen molar-refractivity contribution in [2.45, 2.75) is 36.1 Å². The number of hydrogen-bond acceptors (Lipinski definition) is 10. The first-order chi connectivity index (χ1) is 14.4. The monoisotopic (exact) mass is 453 g/mol. The van der Waals surface area contributed by atoms with Crippen molar-refractivity contribution in [3.8, 4) is 0 Å². The molecule has 3 heterocycles. The Hall–Kier alpha value is -2.64. The number of fused-ring (bicyclic) bond motifs is 2. The summed E-state index contributed by atoms with van der Waals surface area (Å²) in [6.45, 7) is 2.38. The summed E-state index contributed by atoms with van der Waals surface area (Å²) in [4.78, 5) is 47.3. The lowest BCUT2D eigenvalue weighted by Crippen LogP contribution is -2.73. The number of β-lactam (4-membered cyclic amide) rings is 1. The van der Waals surface area contributed by atoms with E-state index >= 15 is 0 Å². The molecular formula is C17H19N5O6S2. The molecule has 11 nitrogen and oxygen atoms in total. The summed E-state index contributed by atoms with van der Waals surface area (Å²) in [7, 11) is 1.28. The summed E-state index contributed by atoms with van der Waals surface area (Å²) in [5, 5.41) is 17.1. The molecule has 2 fully saturated rings. The van der Waals surface area contributed by atoms with Gasteiger partial charge in [-0.25, -0.2) is 9.78 Å². The third kappa shape index (κ3) is 3.22. The number of anilines is 1. The van der Waals surface area contributed by atoms with Gasteiger partial charge in [-0.2, -0.15) is 0 Å². The molecule has 0 spiro atoms. The highest BCUT2D eigenvalue weighted by atomic mass is 32.2. The lowest BCUT2D eigenvalue weighted by molar-refractivity contribution is -0.150. The zero-order valence-corrected chi connectivity index (χ0v) is 17.7. The number of carboxylic acids is 1. The normalized spacial score (nSPS) is 27.6. The Balaban J connectivity index is 1.55. The molecule has 30 heavy (non-hydrogen) atoms. The van der Waals surface area contributed by atoms with Crippen LogP contribution in [0.5, 0.6) is 0 Å². The van der Waals surface area contributed by atoms with Gasteiger partial charge in [0.1, 0.15) is 29.9 Å². The summed E-state index contributed by atoms with van der Waals surface area (Å²) in [6, 6.07) is -0.903. The van der Waals surface area contributed by atoms with Crippen LogP contribution in [-0.2, 0) is 24.0 Å². The first-order valence-electron chi connectivity index (χ1n) is 9.07. The smallest absolute Gasteiger partial charge is 0.352 e. The molecule has 0 bridgehead atoms. The molecule has 1 aromatic heterocycles. The molecule has 13 heteroatoms. The number of carbonyl (C=O) groups is 3. The number of carbonyl (C=O) groups excluding carboxylic acids is 2. The molecule has 1 saturated heterocycles. The number of nitrogen functional groups attached to an aromatic ring is 1. The first kappa shape index (κ1) is 20.6. The quantitative estimate of drug-likeness (QED) is 0.293. The fourth-order valence-electron chi connectivity index (χ4n) is 3.69. The van der Waals surface area contributed by atoms with Gasteiger partial charge in [-0.3, -0.25) is 14.5 Å². The van der Waals surface area contributed by atoms with Crippen molar-refractivity contribution in [2.24, 2.45) is 5.16 Å². The number of thioether (sulfide) groups is 1. The predicted molar refractivity (Wildman–Crippen MR) is 109 cm³/mol. The van der Waals surface area contributed by atoms with Gasteiger partial charge < -0.3 is 25.7 Å². The standard InChI is InChI=1S/C17H19N5O6S2/c1-3-28-8-4-6-11(16(25)26)22-14(24)10(15(22)30-12(6)8)20-13(23)9(21-27-2)7-5-29-17(18)19-7/h5,8,10,12,15H,3-4H2,1-2H3,(H2,18,19)(H,20,23)(H,25,26)/t8-,10+,12+,15+/m0/s1. The van der Waals surface area contributed by atoms with E-state index in [1.54, 1.807) is 5.38 Å². The fourth-order valence-corrected chi connectivity index (χ4v) is 5.93. The van der Waals surface area contributed by atoms with Crippen molar-refractivity contribution in [1.29, 1.82) is 0 Å². The Morgan fingerprint density at radius 1 is 1.50 bits per heavy atom. The summed E-state index contributed by atoms with van der Waals surface area (Å²) in [5.41, 5.74) is 6.41. The van der Waals surface area contributed by atoms with Crippen LogP contribution in [0.25, 0.3) is 0 Å². The van der Waals surface area contributed by atoms with Crippen molar-refractivity contribution in [3.05, 3.63) is 22.3 Å². The minimum atomic E-state index is -1.16. The van der Waals surface area contributed by atoms with Crippen LogP contribution in [0.2, 0.25) is 0 Å².